The lowest BCUT2D eigenvalue weighted by Crippen LogP contribution is -2.30. The fraction of sp³-hybridized carbons (Fsp3) is 0.545. The average Bonchev–Trinajstić information content (AvgIpc) is 2.52. The first-order chi connectivity index (χ1) is 6.76. The summed E-state index contributed by atoms with van der Waals surface area (Å²) in [7, 11) is 0. The number of rotatable bonds is 5. The summed E-state index contributed by atoms with van der Waals surface area (Å²) in [5, 5.41) is 6.59. The predicted octanol–water partition coefficient (Wildman–Crippen LogP) is 2.00. The monoisotopic (exact) mass is 208 g/mol. The van der Waals surface area contributed by atoms with E-state index in [0.29, 0.717) is 6.04 Å². The molecule has 0 saturated carbocycles. The number of terminal acetylenes is 1. The van der Waals surface area contributed by atoms with Crippen molar-refractivity contribution in [3.05, 3.63) is 16.1 Å². The molecule has 0 spiro atoms. The maximum atomic E-state index is 5.31. The predicted molar refractivity (Wildman–Crippen MR) is 61.5 cm³/mol. The fourth-order valence-corrected chi connectivity index (χ4v) is 2.03. The van der Waals surface area contributed by atoms with Gasteiger partial charge in [0, 0.05) is 24.3 Å². The van der Waals surface area contributed by atoms with E-state index in [4.69, 9.17) is 6.42 Å². The molecule has 0 aliphatic heterocycles. The van der Waals surface area contributed by atoms with E-state index >= 15 is 0 Å². The number of hydrogen-bond acceptors (Lipinski definition) is 3. The number of thiazole rings is 1. The van der Waals surface area contributed by atoms with Crippen LogP contribution in [-0.2, 0) is 6.42 Å². The van der Waals surface area contributed by atoms with Crippen LogP contribution < -0.4 is 5.32 Å². The Balaban J connectivity index is 2.51. The lowest BCUT2D eigenvalue weighted by molar-refractivity contribution is 0.531. The Kier molecular flexibility index (Phi) is 4.64. The van der Waals surface area contributed by atoms with Crippen LogP contribution >= 0.6 is 11.3 Å². The minimum Gasteiger partial charge on any atom is -0.313 e. The van der Waals surface area contributed by atoms with Gasteiger partial charge in [0.25, 0.3) is 0 Å². The molecule has 1 N–H and O–H groups in total. The molecule has 0 amide bonds. The van der Waals surface area contributed by atoms with Gasteiger partial charge in [0.15, 0.2) is 0 Å². The summed E-state index contributed by atoms with van der Waals surface area (Å²) in [6.45, 7) is 5.07. The van der Waals surface area contributed by atoms with Crippen LogP contribution in [0.2, 0.25) is 0 Å². The normalized spacial score (nSPS) is 12.4. The van der Waals surface area contributed by atoms with Crippen molar-refractivity contribution in [2.75, 3.05) is 6.54 Å². The Labute approximate surface area is 89.8 Å². The number of nitrogens with zero attached hydrogens (tertiary/aromatic N) is 1. The third-order valence-electron chi connectivity index (χ3n) is 1.98. The molecule has 1 heterocycles. The molecule has 14 heavy (non-hydrogen) atoms. The van der Waals surface area contributed by atoms with Crippen LogP contribution in [0.15, 0.2) is 5.38 Å². The Morgan fingerprint density at radius 1 is 1.71 bits per heavy atom. The van der Waals surface area contributed by atoms with Crippen molar-refractivity contribution in [3.8, 4) is 12.3 Å². The molecule has 1 atom stereocenters. The summed E-state index contributed by atoms with van der Waals surface area (Å²) >= 11 is 1.69. The minimum absolute atomic E-state index is 0.367. The van der Waals surface area contributed by atoms with Gasteiger partial charge in [-0.15, -0.1) is 23.7 Å². The molecule has 1 rings (SSSR count). The van der Waals surface area contributed by atoms with Gasteiger partial charge in [0.1, 0.15) is 0 Å². The van der Waals surface area contributed by atoms with Crippen LogP contribution in [0.1, 0.15) is 24.0 Å². The van der Waals surface area contributed by atoms with Crippen LogP contribution in [0.4, 0.5) is 0 Å². The molecule has 1 aromatic heterocycles. The number of aryl methyl sites for hydroxylation is 1. The van der Waals surface area contributed by atoms with Crippen LogP contribution in [0.5, 0.6) is 0 Å². The highest BCUT2D eigenvalue weighted by molar-refractivity contribution is 7.09. The molecule has 0 bridgehead atoms. The summed E-state index contributed by atoms with van der Waals surface area (Å²) in [4.78, 5) is 4.42. The van der Waals surface area contributed by atoms with Crippen molar-refractivity contribution < 1.29 is 0 Å². The average molecular weight is 208 g/mol. The quantitative estimate of drug-likeness (QED) is 0.749. The largest absolute Gasteiger partial charge is 0.313 e. The SMILES string of the molecule is C#CCC(Cc1csc(C)n1)NCC. The molecule has 0 saturated heterocycles. The maximum absolute atomic E-state index is 5.31. The highest BCUT2D eigenvalue weighted by atomic mass is 32.1. The third-order valence-corrected chi connectivity index (χ3v) is 2.80. The van der Waals surface area contributed by atoms with Crippen molar-refractivity contribution in [1.29, 1.82) is 0 Å². The molecule has 2 nitrogen and oxygen atoms in total. The van der Waals surface area contributed by atoms with Gasteiger partial charge in [-0.3, -0.25) is 0 Å². The first kappa shape index (κ1) is 11.2. The molecule has 0 aliphatic rings. The number of hydrogen-bond donors (Lipinski definition) is 1. The summed E-state index contributed by atoms with van der Waals surface area (Å²) in [5.74, 6) is 2.69. The molecule has 0 fully saturated rings. The number of likely N-dealkylation sites (N-methyl/N-ethyl adjacent to an activating group) is 1. The summed E-state index contributed by atoms with van der Waals surface area (Å²) in [6, 6.07) is 0.367. The highest BCUT2D eigenvalue weighted by Crippen LogP contribution is 2.10. The van der Waals surface area contributed by atoms with Gasteiger partial charge in [-0.1, -0.05) is 6.92 Å². The third kappa shape index (κ3) is 3.49. The first-order valence-electron chi connectivity index (χ1n) is 4.84. The van der Waals surface area contributed by atoms with E-state index in [2.05, 4.69) is 28.5 Å². The maximum Gasteiger partial charge on any atom is 0.0897 e. The summed E-state index contributed by atoms with van der Waals surface area (Å²) in [5.41, 5.74) is 1.15. The van der Waals surface area contributed by atoms with Crippen LogP contribution in [0.3, 0.4) is 0 Å². The van der Waals surface area contributed by atoms with Crippen LogP contribution in [0.25, 0.3) is 0 Å². The summed E-state index contributed by atoms with van der Waals surface area (Å²) < 4.78 is 0. The topological polar surface area (TPSA) is 24.9 Å². The zero-order valence-corrected chi connectivity index (χ0v) is 9.53. The second-order valence-corrected chi connectivity index (χ2v) is 4.29. The van der Waals surface area contributed by atoms with E-state index < -0.39 is 0 Å². The molecule has 1 aromatic rings. The van der Waals surface area contributed by atoms with Crippen LogP contribution in [-0.4, -0.2) is 17.6 Å². The smallest absolute Gasteiger partial charge is 0.0897 e. The Morgan fingerprint density at radius 2 is 2.50 bits per heavy atom. The van der Waals surface area contributed by atoms with Crippen LogP contribution in [0, 0.1) is 19.3 Å². The van der Waals surface area contributed by atoms with E-state index in [1.807, 2.05) is 6.92 Å². The second-order valence-electron chi connectivity index (χ2n) is 3.22. The van der Waals surface area contributed by atoms with E-state index in [-0.39, 0.29) is 0 Å². The molecule has 3 heteroatoms. The molecule has 0 aromatic carbocycles. The van der Waals surface area contributed by atoms with Crippen molar-refractivity contribution in [2.45, 2.75) is 32.7 Å². The van der Waals surface area contributed by atoms with E-state index in [1.165, 1.54) is 0 Å². The summed E-state index contributed by atoms with van der Waals surface area (Å²) in [6.07, 6.45) is 7.01. The number of nitrogens with one attached hydrogen (secondary N) is 1. The highest BCUT2D eigenvalue weighted by Gasteiger charge is 2.08. The van der Waals surface area contributed by atoms with Gasteiger partial charge in [0.2, 0.25) is 0 Å². The molecule has 1 unspecified atom stereocenters. The van der Waals surface area contributed by atoms with Crippen molar-refractivity contribution in [1.82, 2.24) is 10.3 Å². The van der Waals surface area contributed by atoms with Gasteiger partial charge in [-0.25, -0.2) is 4.98 Å². The van der Waals surface area contributed by atoms with Gasteiger partial charge in [0.05, 0.1) is 10.7 Å². The van der Waals surface area contributed by atoms with Gasteiger partial charge in [-0.05, 0) is 13.5 Å². The molecule has 0 radical (unpaired) electrons. The lowest BCUT2D eigenvalue weighted by atomic mass is 10.1. The van der Waals surface area contributed by atoms with E-state index in [0.717, 1.165) is 30.1 Å². The minimum atomic E-state index is 0.367. The molecule has 0 aliphatic carbocycles. The Hall–Kier alpha value is -0.850. The Bertz CT molecular complexity index is 311. The zero-order valence-electron chi connectivity index (χ0n) is 8.71. The van der Waals surface area contributed by atoms with Crippen molar-refractivity contribution in [3.63, 3.8) is 0 Å². The van der Waals surface area contributed by atoms with Crippen molar-refractivity contribution >= 4 is 11.3 Å². The fourth-order valence-electron chi connectivity index (χ4n) is 1.40. The van der Waals surface area contributed by atoms with Crippen molar-refractivity contribution in [2.24, 2.45) is 0 Å². The van der Waals surface area contributed by atoms with E-state index in [1.54, 1.807) is 11.3 Å². The van der Waals surface area contributed by atoms with Gasteiger partial charge in [-0.2, -0.15) is 0 Å². The first-order valence-corrected chi connectivity index (χ1v) is 5.72. The van der Waals surface area contributed by atoms with Gasteiger partial charge >= 0.3 is 0 Å². The molecular weight excluding hydrogens is 192 g/mol. The van der Waals surface area contributed by atoms with E-state index in [9.17, 15) is 0 Å². The zero-order chi connectivity index (χ0) is 10.4. The second kappa shape index (κ2) is 5.79. The number of aromatic nitrogens is 1. The lowest BCUT2D eigenvalue weighted by Gasteiger charge is -2.13. The standard InChI is InChI=1S/C11H16N2S/c1-4-6-10(12-5-2)7-11-8-14-9(3)13-11/h1,8,10,12H,5-7H2,2-3H3. The molecular formula is C11H16N2S. The Morgan fingerprint density at radius 3 is 3.00 bits per heavy atom. The van der Waals surface area contributed by atoms with Gasteiger partial charge < -0.3 is 5.32 Å². The molecule has 76 valence electrons.